The van der Waals surface area contributed by atoms with E-state index in [1.165, 1.54) is 32.1 Å². The Hall–Kier alpha value is -1.39. The topological polar surface area (TPSA) is 72.5 Å². The van der Waals surface area contributed by atoms with Gasteiger partial charge in [0, 0.05) is 12.8 Å². The Morgan fingerprint density at radius 2 is 1.73 bits per heavy atom. The van der Waals surface area contributed by atoms with Crippen molar-refractivity contribution in [2.24, 2.45) is 0 Å². The monoisotopic (exact) mass is 311 g/mol. The second kappa shape index (κ2) is 11.2. The van der Waals surface area contributed by atoms with Gasteiger partial charge in [-0.1, -0.05) is 51.9 Å². The van der Waals surface area contributed by atoms with Gasteiger partial charge in [0.05, 0.1) is 13.0 Å². The molecule has 0 bridgehead atoms. The highest BCUT2D eigenvalue weighted by Crippen LogP contribution is 2.10. The van der Waals surface area contributed by atoms with Gasteiger partial charge in [-0.2, -0.15) is 0 Å². The average Bonchev–Trinajstić information content (AvgIpc) is 2.87. The Kier molecular flexibility index (Phi) is 9.51. The van der Waals surface area contributed by atoms with Gasteiger partial charge in [-0.05, 0) is 6.42 Å². The molecule has 1 fully saturated rings. The number of cyclic esters (lactones) is 1. The number of unbranched alkanes of at least 4 members (excludes halogenated alkanes) is 7. The molecule has 1 rings (SSSR count). The third-order valence-electron chi connectivity index (χ3n) is 3.94. The predicted octanol–water partition coefficient (Wildman–Crippen LogP) is 2.91. The van der Waals surface area contributed by atoms with Crippen LogP contribution in [0.3, 0.4) is 0 Å². The maximum atomic E-state index is 11.7. The van der Waals surface area contributed by atoms with Gasteiger partial charge in [0.2, 0.25) is 5.91 Å². The predicted molar refractivity (Wildman–Crippen MR) is 84.4 cm³/mol. The fourth-order valence-corrected chi connectivity index (χ4v) is 2.60. The second-order valence-electron chi connectivity index (χ2n) is 6.02. The van der Waals surface area contributed by atoms with Crippen LogP contribution >= 0.6 is 0 Å². The van der Waals surface area contributed by atoms with Crippen molar-refractivity contribution in [1.29, 1.82) is 0 Å². The summed E-state index contributed by atoms with van der Waals surface area (Å²) >= 11 is 0. The van der Waals surface area contributed by atoms with Gasteiger partial charge in [0.25, 0.3) is 0 Å². The van der Waals surface area contributed by atoms with Crippen LogP contribution in [-0.4, -0.2) is 30.3 Å². The van der Waals surface area contributed by atoms with Crippen molar-refractivity contribution < 1.29 is 19.1 Å². The summed E-state index contributed by atoms with van der Waals surface area (Å²) in [5.41, 5.74) is 0. The highest BCUT2D eigenvalue weighted by atomic mass is 16.5. The Morgan fingerprint density at radius 1 is 1.09 bits per heavy atom. The van der Waals surface area contributed by atoms with Crippen molar-refractivity contribution in [3.05, 3.63) is 0 Å². The minimum absolute atomic E-state index is 0.0464. The molecule has 0 saturated carbocycles. The first kappa shape index (κ1) is 18.7. The van der Waals surface area contributed by atoms with E-state index in [1.807, 2.05) is 0 Å². The first-order chi connectivity index (χ1) is 10.6. The van der Waals surface area contributed by atoms with Crippen molar-refractivity contribution in [2.75, 3.05) is 6.61 Å². The molecule has 1 aliphatic heterocycles. The van der Waals surface area contributed by atoms with Gasteiger partial charge in [0.15, 0.2) is 0 Å². The van der Waals surface area contributed by atoms with E-state index < -0.39 is 12.0 Å². The normalized spacial score (nSPS) is 17.3. The summed E-state index contributed by atoms with van der Waals surface area (Å²) in [5.74, 6) is -0.813. The minimum Gasteiger partial charge on any atom is -0.464 e. The summed E-state index contributed by atoms with van der Waals surface area (Å²) in [6, 6.07) is -0.566. The molecule has 0 radical (unpaired) electrons. The summed E-state index contributed by atoms with van der Waals surface area (Å²) in [5, 5.41) is 2.56. The fourth-order valence-electron chi connectivity index (χ4n) is 2.60. The summed E-state index contributed by atoms with van der Waals surface area (Å²) in [7, 11) is 0. The molecule has 5 nitrogen and oxygen atoms in total. The Bertz CT molecular complexity index is 368. The molecular weight excluding hydrogens is 282 g/mol. The molecule has 1 N–H and O–H groups in total. The van der Waals surface area contributed by atoms with Crippen LogP contribution in [0, 0.1) is 0 Å². The second-order valence-corrected chi connectivity index (χ2v) is 6.02. The molecule has 5 heteroatoms. The van der Waals surface area contributed by atoms with Crippen molar-refractivity contribution >= 4 is 17.7 Å². The summed E-state index contributed by atoms with van der Waals surface area (Å²) in [4.78, 5) is 34.6. The Morgan fingerprint density at radius 3 is 2.32 bits per heavy atom. The smallest absolute Gasteiger partial charge is 0.328 e. The van der Waals surface area contributed by atoms with Crippen LogP contribution in [0.1, 0.15) is 77.6 Å². The average molecular weight is 311 g/mol. The first-order valence-corrected chi connectivity index (χ1v) is 8.61. The van der Waals surface area contributed by atoms with Gasteiger partial charge < -0.3 is 10.1 Å². The van der Waals surface area contributed by atoms with E-state index >= 15 is 0 Å². The summed E-state index contributed by atoms with van der Waals surface area (Å²) in [6.45, 7) is 2.55. The van der Waals surface area contributed by atoms with Crippen LogP contribution in [0.15, 0.2) is 0 Å². The van der Waals surface area contributed by atoms with E-state index in [2.05, 4.69) is 12.2 Å². The van der Waals surface area contributed by atoms with Crippen molar-refractivity contribution in [2.45, 2.75) is 83.6 Å². The highest BCUT2D eigenvalue weighted by Gasteiger charge is 2.28. The van der Waals surface area contributed by atoms with Crippen molar-refractivity contribution in [1.82, 2.24) is 5.32 Å². The molecule has 126 valence electrons. The number of nitrogens with one attached hydrogen (secondary N) is 1. The maximum Gasteiger partial charge on any atom is 0.328 e. The van der Waals surface area contributed by atoms with Gasteiger partial charge >= 0.3 is 5.97 Å². The number of amides is 1. The van der Waals surface area contributed by atoms with E-state index in [4.69, 9.17) is 4.74 Å². The molecule has 1 aliphatic rings. The molecule has 0 aromatic heterocycles. The number of carbonyl (C=O) groups excluding carboxylic acids is 3. The van der Waals surface area contributed by atoms with Crippen molar-refractivity contribution in [3.63, 3.8) is 0 Å². The van der Waals surface area contributed by atoms with Crippen LogP contribution in [0.4, 0.5) is 0 Å². The fraction of sp³-hybridized carbons (Fsp3) is 0.824. The lowest BCUT2D eigenvalue weighted by Crippen LogP contribution is -2.38. The number of esters is 1. The number of hydrogen-bond acceptors (Lipinski definition) is 4. The number of carbonyl (C=O) groups is 3. The molecule has 0 unspecified atom stereocenters. The zero-order chi connectivity index (χ0) is 16.2. The zero-order valence-corrected chi connectivity index (χ0v) is 13.7. The molecule has 0 spiro atoms. The Labute approximate surface area is 133 Å². The highest BCUT2D eigenvalue weighted by molar-refractivity contribution is 5.99. The maximum absolute atomic E-state index is 11.7. The number of ether oxygens (including phenoxy) is 1. The van der Waals surface area contributed by atoms with E-state index in [1.54, 1.807) is 0 Å². The lowest BCUT2D eigenvalue weighted by atomic mass is 10.0. The van der Waals surface area contributed by atoms with Gasteiger partial charge in [-0.25, -0.2) is 4.79 Å². The number of hydrogen-bond donors (Lipinski definition) is 1. The van der Waals surface area contributed by atoms with Crippen LogP contribution in [0.25, 0.3) is 0 Å². The minimum atomic E-state index is -0.566. The van der Waals surface area contributed by atoms with Crippen LogP contribution in [-0.2, 0) is 19.1 Å². The summed E-state index contributed by atoms with van der Waals surface area (Å²) < 4.78 is 4.76. The van der Waals surface area contributed by atoms with Crippen LogP contribution < -0.4 is 5.32 Å². The molecule has 0 aromatic carbocycles. The molecule has 22 heavy (non-hydrogen) atoms. The Balaban J connectivity index is 1.98. The lowest BCUT2D eigenvalue weighted by molar-refractivity contribution is -0.142. The van der Waals surface area contributed by atoms with Gasteiger partial charge in [-0.3, -0.25) is 9.59 Å². The zero-order valence-electron chi connectivity index (χ0n) is 13.7. The van der Waals surface area contributed by atoms with Crippen LogP contribution in [0.2, 0.25) is 0 Å². The SMILES string of the molecule is CCCCCCCCCCC(=O)CC(=O)N[C@H]1CCOC1=O. The number of Topliss-reactive ketones (excluding diaryl/α,β-unsaturated/α-hetero) is 1. The molecule has 0 aromatic rings. The lowest BCUT2D eigenvalue weighted by Gasteiger charge is -2.08. The van der Waals surface area contributed by atoms with Gasteiger partial charge in [0.1, 0.15) is 11.8 Å². The largest absolute Gasteiger partial charge is 0.464 e. The van der Waals surface area contributed by atoms with E-state index in [0.29, 0.717) is 19.4 Å². The van der Waals surface area contributed by atoms with Crippen LogP contribution in [0.5, 0.6) is 0 Å². The quantitative estimate of drug-likeness (QED) is 0.342. The molecular formula is C17H29NO4. The van der Waals surface area contributed by atoms with E-state index in [9.17, 15) is 14.4 Å². The number of rotatable bonds is 12. The third-order valence-corrected chi connectivity index (χ3v) is 3.94. The number of ketones is 1. The first-order valence-electron chi connectivity index (χ1n) is 8.61. The molecule has 1 saturated heterocycles. The standard InChI is InChI=1S/C17H29NO4/c1-2-3-4-5-6-7-8-9-10-14(19)13-16(20)18-15-11-12-22-17(15)21/h15H,2-13H2,1H3,(H,18,20)/t15-/m0/s1. The molecule has 0 aliphatic carbocycles. The summed E-state index contributed by atoms with van der Waals surface area (Å²) in [6.07, 6.45) is 10.3. The molecule has 1 atom stereocenters. The van der Waals surface area contributed by atoms with Gasteiger partial charge in [-0.15, -0.1) is 0 Å². The van der Waals surface area contributed by atoms with E-state index in [-0.39, 0.29) is 18.1 Å². The van der Waals surface area contributed by atoms with Crippen molar-refractivity contribution in [3.8, 4) is 0 Å². The molecule has 1 heterocycles. The van der Waals surface area contributed by atoms with E-state index in [0.717, 1.165) is 19.3 Å². The third kappa shape index (κ3) is 8.15. The molecule has 1 amide bonds.